The van der Waals surface area contributed by atoms with Crippen LogP contribution < -0.4 is 5.32 Å². The summed E-state index contributed by atoms with van der Waals surface area (Å²) in [5.74, 6) is -1.36. The quantitative estimate of drug-likeness (QED) is 0.664. The Bertz CT molecular complexity index is 1100. The van der Waals surface area contributed by atoms with Gasteiger partial charge in [0.05, 0.1) is 16.8 Å². The molecule has 0 unspecified atom stereocenters. The van der Waals surface area contributed by atoms with E-state index in [-0.39, 0.29) is 0 Å². The summed E-state index contributed by atoms with van der Waals surface area (Å²) in [4.78, 5) is 44.4. The van der Waals surface area contributed by atoms with Crippen LogP contribution in [0.15, 0.2) is 48.5 Å². The molecule has 1 aliphatic heterocycles. The van der Waals surface area contributed by atoms with Crippen LogP contribution in [0.2, 0.25) is 0 Å². The highest BCUT2D eigenvalue weighted by Crippen LogP contribution is 2.31. The van der Waals surface area contributed by atoms with E-state index in [9.17, 15) is 14.4 Å². The number of aryl methyl sites for hydroxylation is 2. The molecule has 0 fully saturated rings. The second-order valence-electron chi connectivity index (χ2n) is 6.98. The SMILES string of the molecule is Cc1ccc(-c2nc(NC(=O)[C@@H](C)N3C(=O)c4ccccc4C3=O)sc2C)cc1. The van der Waals surface area contributed by atoms with Crippen molar-refractivity contribution in [3.05, 3.63) is 70.1 Å². The number of hydrogen-bond acceptors (Lipinski definition) is 5. The normalized spacial score (nSPS) is 14.1. The highest BCUT2D eigenvalue weighted by Gasteiger charge is 2.40. The summed E-state index contributed by atoms with van der Waals surface area (Å²) in [5, 5.41) is 3.19. The van der Waals surface area contributed by atoms with E-state index in [2.05, 4.69) is 10.3 Å². The number of carbonyl (C=O) groups excluding carboxylic acids is 3. The van der Waals surface area contributed by atoms with Crippen LogP contribution >= 0.6 is 11.3 Å². The molecule has 0 radical (unpaired) electrons. The maximum atomic E-state index is 12.8. The summed E-state index contributed by atoms with van der Waals surface area (Å²) >= 11 is 1.36. The summed E-state index contributed by atoms with van der Waals surface area (Å²) in [5.41, 5.74) is 3.58. The molecule has 4 rings (SSSR count). The fraction of sp³-hybridized carbons (Fsp3) is 0.182. The van der Waals surface area contributed by atoms with Crippen molar-refractivity contribution in [3.63, 3.8) is 0 Å². The average Bonchev–Trinajstić information content (AvgIpc) is 3.19. The molecular weight excluding hydrogens is 386 g/mol. The number of fused-ring (bicyclic) bond motifs is 1. The number of amides is 3. The second kappa shape index (κ2) is 7.25. The lowest BCUT2D eigenvalue weighted by Crippen LogP contribution is -2.45. The fourth-order valence-corrected chi connectivity index (χ4v) is 4.15. The van der Waals surface area contributed by atoms with Crippen molar-refractivity contribution in [2.24, 2.45) is 0 Å². The first-order valence-corrected chi connectivity index (χ1v) is 10.0. The summed E-state index contributed by atoms with van der Waals surface area (Å²) < 4.78 is 0. The van der Waals surface area contributed by atoms with Crippen LogP contribution in [0.1, 0.15) is 38.1 Å². The van der Waals surface area contributed by atoms with E-state index < -0.39 is 23.8 Å². The summed E-state index contributed by atoms with van der Waals surface area (Å²) in [6, 6.07) is 13.6. The molecular formula is C22H19N3O3S. The maximum absolute atomic E-state index is 12.8. The number of nitrogens with one attached hydrogen (secondary N) is 1. The van der Waals surface area contributed by atoms with E-state index in [1.54, 1.807) is 31.2 Å². The molecule has 2 heterocycles. The summed E-state index contributed by atoms with van der Waals surface area (Å²) in [7, 11) is 0. The van der Waals surface area contributed by atoms with E-state index >= 15 is 0 Å². The Morgan fingerprint density at radius 1 is 1.00 bits per heavy atom. The van der Waals surface area contributed by atoms with Gasteiger partial charge in [0.15, 0.2) is 5.13 Å². The van der Waals surface area contributed by atoms with Gasteiger partial charge in [-0.3, -0.25) is 19.3 Å². The van der Waals surface area contributed by atoms with Crippen LogP contribution in [0.25, 0.3) is 11.3 Å². The van der Waals surface area contributed by atoms with Crippen LogP contribution in [0.3, 0.4) is 0 Å². The number of rotatable bonds is 4. The molecule has 1 aromatic heterocycles. The van der Waals surface area contributed by atoms with Crippen LogP contribution in [0.5, 0.6) is 0 Å². The molecule has 1 N–H and O–H groups in total. The van der Waals surface area contributed by atoms with Crippen molar-refractivity contribution in [1.82, 2.24) is 9.88 Å². The number of imide groups is 1. The third kappa shape index (κ3) is 3.34. The number of carbonyl (C=O) groups is 3. The van der Waals surface area contributed by atoms with Crippen LogP contribution in [-0.4, -0.2) is 33.6 Å². The first-order valence-electron chi connectivity index (χ1n) is 9.19. The third-order valence-corrected chi connectivity index (χ3v) is 5.83. The standard InChI is InChI=1S/C22H19N3O3S/c1-12-8-10-15(11-9-12)18-14(3)29-22(23-18)24-19(26)13(2)25-20(27)16-6-4-5-7-17(16)21(25)28/h4-11,13H,1-3H3,(H,23,24,26)/t13-/m1/s1. The van der Waals surface area contributed by atoms with Crippen molar-refractivity contribution in [2.45, 2.75) is 26.8 Å². The highest BCUT2D eigenvalue weighted by molar-refractivity contribution is 7.16. The molecule has 0 saturated carbocycles. The topological polar surface area (TPSA) is 79.4 Å². The van der Waals surface area contributed by atoms with Crippen LogP contribution in [0.4, 0.5) is 5.13 Å². The van der Waals surface area contributed by atoms with Gasteiger partial charge in [-0.2, -0.15) is 0 Å². The van der Waals surface area contributed by atoms with E-state index in [0.717, 1.165) is 26.6 Å². The lowest BCUT2D eigenvalue weighted by Gasteiger charge is -2.21. The van der Waals surface area contributed by atoms with Gasteiger partial charge in [-0.15, -0.1) is 11.3 Å². The van der Waals surface area contributed by atoms with E-state index in [1.165, 1.54) is 11.3 Å². The minimum atomic E-state index is -0.950. The Labute approximate surface area is 172 Å². The van der Waals surface area contributed by atoms with Crippen LogP contribution in [-0.2, 0) is 4.79 Å². The smallest absolute Gasteiger partial charge is 0.262 e. The molecule has 7 heteroatoms. The molecule has 0 saturated heterocycles. The van der Waals surface area contributed by atoms with E-state index in [0.29, 0.717) is 16.3 Å². The van der Waals surface area contributed by atoms with Gasteiger partial charge in [0.1, 0.15) is 6.04 Å². The molecule has 29 heavy (non-hydrogen) atoms. The van der Waals surface area contributed by atoms with Gasteiger partial charge in [0, 0.05) is 10.4 Å². The van der Waals surface area contributed by atoms with Crippen LogP contribution in [0, 0.1) is 13.8 Å². The van der Waals surface area contributed by atoms with Gasteiger partial charge in [0.25, 0.3) is 11.8 Å². The van der Waals surface area contributed by atoms with Gasteiger partial charge < -0.3 is 5.32 Å². The van der Waals surface area contributed by atoms with Gasteiger partial charge in [-0.1, -0.05) is 42.0 Å². The largest absolute Gasteiger partial charge is 0.300 e. The highest BCUT2D eigenvalue weighted by atomic mass is 32.1. The van der Waals surface area contributed by atoms with Gasteiger partial charge >= 0.3 is 0 Å². The average molecular weight is 405 g/mol. The van der Waals surface area contributed by atoms with Gasteiger partial charge in [0.2, 0.25) is 5.91 Å². The summed E-state index contributed by atoms with van der Waals surface area (Å²) in [6.07, 6.45) is 0. The molecule has 0 bridgehead atoms. The monoisotopic (exact) mass is 405 g/mol. The van der Waals surface area contributed by atoms with Crippen molar-refractivity contribution in [3.8, 4) is 11.3 Å². The van der Waals surface area contributed by atoms with Crippen molar-refractivity contribution in [1.29, 1.82) is 0 Å². The number of hydrogen-bond donors (Lipinski definition) is 1. The molecule has 1 atom stereocenters. The lowest BCUT2D eigenvalue weighted by atomic mass is 10.1. The molecule has 146 valence electrons. The van der Waals surface area contributed by atoms with Crippen molar-refractivity contribution in [2.75, 3.05) is 5.32 Å². The Kier molecular flexibility index (Phi) is 4.76. The number of benzene rings is 2. The predicted octanol–water partition coefficient (Wildman–Crippen LogP) is 4.05. The molecule has 2 aromatic carbocycles. The molecule has 3 amide bonds. The minimum absolute atomic E-state index is 0.323. The van der Waals surface area contributed by atoms with Crippen molar-refractivity contribution >= 4 is 34.2 Å². The Morgan fingerprint density at radius 2 is 1.59 bits per heavy atom. The molecule has 3 aromatic rings. The zero-order valence-electron chi connectivity index (χ0n) is 16.2. The van der Waals surface area contributed by atoms with Gasteiger partial charge in [-0.25, -0.2) is 4.98 Å². The first kappa shape index (κ1) is 19.0. The van der Waals surface area contributed by atoms with E-state index in [4.69, 9.17) is 0 Å². The molecule has 1 aliphatic rings. The van der Waals surface area contributed by atoms with Crippen molar-refractivity contribution < 1.29 is 14.4 Å². The maximum Gasteiger partial charge on any atom is 0.262 e. The molecule has 0 spiro atoms. The lowest BCUT2D eigenvalue weighted by molar-refractivity contribution is -0.119. The number of aromatic nitrogens is 1. The molecule has 6 nitrogen and oxygen atoms in total. The number of thiazole rings is 1. The predicted molar refractivity (Wildman–Crippen MR) is 112 cm³/mol. The Balaban J connectivity index is 1.53. The zero-order valence-corrected chi connectivity index (χ0v) is 17.0. The zero-order chi connectivity index (χ0) is 20.7. The number of anilines is 1. The van der Waals surface area contributed by atoms with E-state index in [1.807, 2.05) is 38.1 Å². The fourth-order valence-electron chi connectivity index (χ4n) is 3.32. The number of nitrogens with zero attached hydrogens (tertiary/aromatic N) is 2. The third-order valence-electron chi connectivity index (χ3n) is 4.94. The van der Waals surface area contributed by atoms with Gasteiger partial charge in [-0.05, 0) is 32.9 Å². The second-order valence-corrected chi connectivity index (χ2v) is 8.18. The molecule has 0 aliphatic carbocycles. The first-order chi connectivity index (χ1) is 13.9. The summed E-state index contributed by atoms with van der Waals surface area (Å²) in [6.45, 7) is 5.50. The Hall–Kier alpha value is -3.32. The minimum Gasteiger partial charge on any atom is -0.300 e. The Morgan fingerprint density at radius 3 is 2.17 bits per heavy atom.